The lowest BCUT2D eigenvalue weighted by Crippen LogP contribution is -2.47. The first-order valence-corrected chi connectivity index (χ1v) is 9.72. The third-order valence-electron chi connectivity index (χ3n) is 5.58. The van der Waals surface area contributed by atoms with Gasteiger partial charge in [-0.05, 0) is 18.2 Å². The van der Waals surface area contributed by atoms with Gasteiger partial charge in [-0.1, -0.05) is 18.2 Å². The highest BCUT2D eigenvalue weighted by Crippen LogP contribution is 2.33. The molecule has 0 unspecified atom stereocenters. The Morgan fingerprint density at radius 3 is 2.41 bits per heavy atom. The zero-order valence-electron chi connectivity index (χ0n) is 16.6. The number of fused-ring (bicyclic) bond motifs is 3. The summed E-state index contributed by atoms with van der Waals surface area (Å²) < 4.78 is 10.8. The minimum absolute atomic E-state index is 0.747. The molecule has 0 saturated carbocycles. The number of benzene rings is 2. The van der Waals surface area contributed by atoms with E-state index in [0.717, 1.165) is 71.1 Å². The number of methoxy groups -OCH3 is 2. The number of nitrogens with one attached hydrogen (secondary N) is 1. The van der Waals surface area contributed by atoms with Gasteiger partial charge in [-0.2, -0.15) is 0 Å². The largest absolute Gasteiger partial charge is 0.493 e. The Hall–Kier alpha value is -3.48. The van der Waals surface area contributed by atoms with Crippen molar-refractivity contribution in [3.05, 3.63) is 48.8 Å². The molecule has 1 fully saturated rings. The average molecular weight is 389 g/mol. The van der Waals surface area contributed by atoms with Crippen LogP contribution in [0.3, 0.4) is 0 Å². The fourth-order valence-corrected chi connectivity index (χ4v) is 4.07. The molecule has 1 N–H and O–H groups in total. The highest BCUT2D eigenvalue weighted by atomic mass is 16.5. The van der Waals surface area contributed by atoms with Crippen molar-refractivity contribution in [2.45, 2.75) is 0 Å². The topological polar surface area (TPSA) is 66.5 Å². The summed E-state index contributed by atoms with van der Waals surface area (Å²) in [5.74, 6) is 2.47. The summed E-state index contributed by atoms with van der Waals surface area (Å²) in [5.41, 5.74) is 4.22. The van der Waals surface area contributed by atoms with E-state index in [-0.39, 0.29) is 0 Å². The fraction of sp³-hybridized carbons (Fsp3) is 0.273. The van der Waals surface area contributed by atoms with Gasteiger partial charge in [0.1, 0.15) is 17.4 Å². The summed E-state index contributed by atoms with van der Waals surface area (Å²) in [5, 5.41) is 1.13. The van der Waals surface area contributed by atoms with Crippen molar-refractivity contribution in [3.8, 4) is 11.5 Å². The number of hydrogen-bond donors (Lipinski definition) is 1. The van der Waals surface area contributed by atoms with Crippen LogP contribution in [0.4, 0.5) is 11.5 Å². The number of aromatic nitrogens is 3. The summed E-state index contributed by atoms with van der Waals surface area (Å²) in [6.45, 7) is 3.58. The maximum Gasteiger partial charge on any atom is 0.162 e. The Kier molecular flexibility index (Phi) is 4.35. The van der Waals surface area contributed by atoms with Crippen LogP contribution in [0.15, 0.2) is 48.8 Å². The van der Waals surface area contributed by atoms with Crippen molar-refractivity contribution in [1.82, 2.24) is 15.0 Å². The summed E-state index contributed by atoms with van der Waals surface area (Å²) in [4.78, 5) is 17.3. The number of nitrogens with zero attached hydrogens (tertiary/aromatic N) is 4. The van der Waals surface area contributed by atoms with Crippen LogP contribution in [0.25, 0.3) is 21.9 Å². The Morgan fingerprint density at radius 2 is 1.62 bits per heavy atom. The van der Waals surface area contributed by atoms with E-state index in [1.807, 2.05) is 24.3 Å². The van der Waals surface area contributed by atoms with Crippen molar-refractivity contribution in [2.75, 3.05) is 50.2 Å². The van der Waals surface area contributed by atoms with Crippen LogP contribution in [-0.2, 0) is 0 Å². The number of ether oxygens (including phenoxy) is 2. The van der Waals surface area contributed by atoms with E-state index in [1.54, 1.807) is 20.5 Å². The number of rotatable bonds is 4. The lowest BCUT2D eigenvalue weighted by molar-refractivity contribution is 0.355. The van der Waals surface area contributed by atoms with E-state index in [1.165, 1.54) is 0 Å². The van der Waals surface area contributed by atoms with Crippen molar-refractivity contribution in [3.63, 3.8) is 0 Å². The molecule has 2 aromatic heterocycles. The number of hydrogen-bond acceptors (Lipinski definition) is 6. The number of aromatic amines is 1. The summed E-state index contributed by atoms with van der Waals surface area (Å²) in [6, 6.07) is 14.3. The molecular formula is C22H23N5O2. The van der Waals surface area contributed by atoms with Gasteiger partial charge in [0.25, 0.3) is 0 Å². The maximum atomic E-state index is 5.45. The van der Waals surface area contributed by atoms with E-state index in [4.69, 9.17) is 9.47 Å². The first kappa shape index (κ1) is 17.6. The average Bonchev–Trinajstić information content (AvgIpc) is 3.17. The van der Waals surface area contributed by atoms with Gasteiger partial charge >= 0.3 is 0 Å². The normalized spacial score (nSPS) is 14.6. The van der Waals surface area contributed by atoms with Crippen molar-refractivity contribution >= 4 is 33.4 Å². The molecular weight excluding hydrogens is 366 g/mol. The van der Waals surface area contributed by atoms with Crippen molar-refractivity contribution in [2.24, 2.45) is 0 Å². The van der Waals surface area contributed by atoms with Crippen LogP contribution in [-0.4, -0.2) is 55.4 Å². The zero-order chi connectivity index (χ0) is 19.8. The highest BCUT2D eigenvalue weighted by Gasteiger charge is 2.22. The Labute approximate surface area is 168 Å². The van der Waals surface area contributed by atoms with Gasteiger partial charge in [-0.25, -0.2) is 9.97 Å². The van der Waals surface area contributed by atoms with E-state index in [0.29, 0.717) is 0 Å². The molecule has 7 nitrogen and oxygen atoms in total. The summed E-state index contributed by atoms with van der Waals surface area (Å²) in [6.07, 6.45) is 1.67. The minimum atomic E-state index is 0.747. The summed E-state index contributed by atoms with van der Waals surface area (Å²) >= 11 is 0. The van der Waals surface area contributed by atoms with Crippen molar-refractivity contribution < 1.29 is 9.47 Å². The van der Waals surface area contributed by atoms with Gasteiger partial charge in [0.05, 0.1) is 14.2 Å². The molecule has 0 radical (unpaired) electrons. The molecule has 0 spiro atoms. The summed E-state index contributed by atoms with van der Waals surface area (Å²) in [7, 11) is 3.32. The molecule has 2 aromatic carbocycles. The standard InChI is InChI=1S/C22H23N5O2/c1-28-18-8-7-15(13-19(18)29-2)26-9-11-27(12-10-26)22-21-20(23-14-24-22)16-5-3-4-6-17(16)25-21/h3-8,13-14,25H,9-12H2,1-2H3. The van der Waals surface area contributed by atoms with E-state index in [2.05, 4.69) is 43.0 Å². The van der Waals surface area contributed by atoms with E-state index in [9.17, 15) is 0 Å². The molecule has 0 aliphatic carbocycles. The molecule has 29 heavy (non-hydrogen) atoms. The molecule has 0 amide bonds. The molecule has 5 rings (SSSR count). The lowest BCUT2D eigenvalue weighted by atomic mass is 10.2. The van der Waals surface area contributed by atoms with Gasteiger partial charge in [0.2, 0.25) is 0 Å². The minimum Gasteiger partial charge on any atom is -0.493 e. The van der Waals surface area contributed by atoms with Gasteiger partial charge in [0, 0.05) is 48.8 Å². The molecule has 148 valence electrons. The van der Waals surface area contributed by atoms with Crippen molar-refractivity contribution in [1.29, 1.82) is 0 Å². The van der Waals surface area contributed by atoms with E-state index >= 15 is 0 Å². The zero-order valence-corrected chi connectivity index (χ0v) is 16.6. The molecule has 1 saturated heterocycles. The number of piperazine rings is 1. The highest BCUT2D eigenvalue weighted by molar-refractivity contribution is 6.08. The predicted molar refractivity (Wildman–Crippen MR) is 115 cm³/mol. The molecule has 1 aliphatic heterocycles. The smallest absolute Gasteiger partial charge is 0.162 e. The molecule has 0 atom stereocenters. The van der Waals surface area contributed by atoms with Gasteiger partial charge in [-0.3, -0.25) is 0 Å². The van der Waals surface area contributed by atoms with Gasteiger partial charge in [-0.15, -0.1) is 0 Å². The monoisotopic (exact) mass is 389 g/mol. The first-order valence-electron chi connectivity index (χ1n) is 9.72. The first-order chi connectivity index (χ1) is 14.3. The third-order valence-corrected chi connectivity index (χ3v) is 5.58. The number of H-pyrrole nitrogens is 1. The molecule has 1 aliphatic rings. The Bertz CT molecular complexity index is 1160. The van der Waals surface area contributed by atoms with Crippen LogP contribution in [0.5, 0.6) is 11.5 Å². The van der Waals surface area contributed by atoms with Crippen LogP contribution < -0.4 is 19.3 Å². The second kappa shape index (κ2) is 7.16. The Morgan fingerprint density at radius 1 is 0.862 bits per heavy atom. The van der Waals surface area contributed by atoms with E-state index < -0.39 is 0 Å². The molecule has 3 heterocycles. The Balaban J connectivity index is 1.40. The SMILES string of the molecule is COc1ccc(N2CCN(c3ncnc4c3[nH]c3ccccc34)CC2)cc1OC. The second-order valence-electron chi connectivity index (χ2n) is 7.10. The van der Waals surface area contributed by atoms with Gasteiger partial charge in [0.15, 0.2) is 17.3 Å². The lowest BCUT2D eigenvalue weighted by Gasteiger charge is -2.37. The molecule has 4 aromatic rings. The van der Waals surface area contributed by atoms with Gasteiger partial charge < -0.3 is 24.3 Å². The molecule has 0 bridgehead atoms. The molecule has 7 heteroatoms. The quantitative estimate of drug-likeness (QED) is 0.577. The maximum absolute atomic E-state index is 5.45. The number of anilines is 2. The third kappa shape index (κ3) is 2.99. The second-order valence-corrected chi connectivity index (χ2v) is 7.10. The predicted octanol–water partition coefficient (Wildman–Crippen LogP) is 3.45. The van der Waals surface area contributed by atoms with Crippen LogP contribution in [0.2, 0.25) is 0 Å². The fourth-order valence-electron chi connectivity index (χ4n) is 4.07. The van der Waals surface area contributed by atoms with Crippen LogP contribution in [0.1, 0.15) is 0 Å². The van der Waals surface area contributed by atoms with Crippen LogP contribution in [0, 0.1) is 0 Å². The van der Waals surface area contributed by atoms with Crippen LogP contribution >= 0.6 is 0 Å². The number of para-hydroxylation sites is 1.